The lowest BCUT2D eigenvalue weighted by Crippen LogP contribution is -2.42. The van der Waals surface area contributed by atoms with Gasteiger partial charge in [0.05, 0.1) is 24.2 Å². The Kier molecular flexibility index (Phi) is 5.69. The fourth-order valence-electron chi connectivity index (χ4n) is 3.57. The quantitative estimate of drug-likeness (QED) is 0.600. The van der Waals surface area contributed by atoms with Crippen LogP contribution >= 0.6 is 11.8 Å². The summed E-state index contributed by atoms with van der Waals surface area (Å²) in [5.41, 5.74) is 3.69. The van der Waals surface area contributed by atoms with E-state index in [-0.39, 0.29) is 24.3 Å². The van der Waals surface area contributed by atoms with Gasteiger partial charge in [-0.15, -0.1) is 11.8 Å². The molecule has 1 fully saturated rings. The SMILES string of the molecule is CC(C)(C)OC(=O)CC1=N[C@@]2(c3cc(N)cc(F)c3F)CO[C@H](CF)[C@H]2CS1. The van der Waals surface area contributed by atoms with Crippen molar-refractivity contribution in [1.29, 1.82) is 0 Å². The maximum Gasteiger partial charge on any atom is 0.312 e. The van der Waals surface area contributed by atoms with E-state index < -0.39 is 47.4 Å². The summed E-state index contributed by atoms with van der Waals surface area (Å²) in [6, 6.07) is 2.19. The molecule has 0 aromatic heterocycles. The van der Waals surface area contributed by atoms with Gasteiger partial charge in [-0.3, -0.25) is 9.79 Å². The van der Waals surface area contributed by atoms with E-state index in [0.29, 0.717) is 10.8 Å². The summed E-state index contributed by atoms with van der Waals surface area (Å²) in [7, 11) is 0. The number of carbonyl (C=O) groups excluding carboxylic acids is 1. The second kappa shape index (κ2) is 7.59. The Hall–Kier alpha value is -1.74. The molecule has 0 bridgehead atoms. The van der Waals surface area contributed by atoms with Crippen molar-refractivity contribution < 1.29 is 27.4 Å². The number of ether oxygens (including phenoxy) is 2. The van der Waals surface area contributed by atoms with Crippen LogP contribution in [0.25, 0.3) is 0 Å². The monoisotopic (exact) mass is 416 g/mol. The number of hydrogen-bond acceptors (Lipinski definition) is 6. The fourth-order valence-corrected chi connectivity index (χ4v) is 4.88. The van der Waals surface area contributed by atoms with Crippen molar-refractivity contribution in [3.63, 3.8) is 0 Å². The molecule has 0 aliphatic carbocycles. The number of hydrogen-bond donors (Lipinski definition) is 1. The second-order valence-corrected chi connectivity index (χ2v) is 9.07. The number of nitrogen functional groups attached to an aromatic ring is 1. The van der Waals surface area contributed by atoms with Gasteiger partial charge in [0.25, 0.3) is 0 Å². The van der Waals surface area contributed by atoms with Crippen LogP contribution in [0.1, 0.15) is 32.8 Å². The molecule has 28 heavy (non-hydrogen) atoms. The van der Waals surface area contributed by atoms with Crippen molar-refractivity contribution in [2.24, 2.45) is 10.9 Å². The zero-order chi connectivity index (χ0) is 20.7. The second-order valence-electron chi connectivity index (χ2n) is 7.98. The number of esters is 1. The first-order chi connectivity index (χ1) is 13.1. The molecule has 2 aliphatic heterocycles. The van der Waals surface area contributed by atoms with E-state index in [1.54, 1.807) is 20.8 Å². The molecule has 1 aromatic rings. The third-order valence-corrected chi connectivity index (χ3v) is 5.81. The number of alkyl halides is 1. The molecule has 0 unspecified atom stereocenters. The average molecular weight is 416 g/mol. The van der Waals surface area contributed by atoms with Gasteiger partial charge in [-0.2, -0.15) is 0 Å². The van der Waals surface area contributed by atoms with Gasteiger partial charge in [-0.1, -0.05) is 0 Å². The van der Waals surface area contributed by atoms with Crippen LogP contribution in [-0.4, -0.2) is 41.8 Å². The van der Waals surface area contributed by atoms with Gasteiger partial charge >= 0.3 is 5.97 Å². The molecule has 2 aliphatic rings. The lowest BCUT2D eigenvalue weighted by molar-refractivity contribution is -0.153. The summed E-state index contributed by atoms with van der Waals surface area (Å²) in [5, 5.41) is 0.413. The standard InChI is InChI=1S/C19H23F3N2O3S/c1-18(2,3)27-16(25)6-15-24-19(9-26-14(7-20)12(19)8-28-15)11-4-10(23)5-13(21)17(11)22/h4-5,12,14H,6-9,23H2,1-3H3/t12-,14-,19-/m1/s1. The minimum Gasteiger partial charge on any atom is -0.460 e. The maximum absolute atomic E-state index is 14.7. The molecule has 0 saturated carbocycles. The van der Waals surface area contributed by atoms with Gasteiger partial charge in [0.2, 0.25) is 0 Å². The maximum atomic E-state index is 14.7. The highest BCUT2D eigenvalue weighted by Crippen LogP contribution is 2.49. The van der Waals surface area contributed by atoms with Gasteiger partial charge in [0.1, 0.15) is 17.8 Å². The molecule has 1 aromatic carbocycles. The summed E-state index contributed by atoms with van der Waals surface area (Å²) in [6.45, 7) is 4.36. The highest BCUT2D eigenvalue weighted by molar-refractivity contribution is 8.14. The Morgan fingerprint density at radius 2 is 2.14 bits per heavy atom. The number of rotatable bonds is 4. The molecular weight excluding hydrogens is 393 g/mol. The zero-order valence-electron chi connectivity index (χ0n) is 15.9. The van der Waals surface area contributed by atoms with E-state index in [1.807, 2.05) is 0 Å². The van der Waals surface area contributed by atoms with Crippen molar-refractivity contribution in [2.45, 2.75) is 44.4 Å². The van der Waals surface area contributed by atoms with Crippen LogP contribution in [0.4, 0.5) is 18.9 Å². The van der Waals surface area contributed by atoms with Crippen LogP contribution in [0.15, 0.2) is 17.1 Å². The lowest BCUT2D eigenvalue weighted by Gasteiger charge is -2.36. The highest BCUT2D eigenvalue weighted by Gasteiger charge is 2.54. The minimum atomic E-state index is -1.33. The van der Waals surface area contributed by atoms with E-state index in [2.05, 4.69) is 4.99 Å². The van der Waals surface area contributed by atoms with Crippen molar-refractivity contribution in [2.75, 3.05) is 24.8 Å². The summed E-state index contributed by atoms with van der Waals surface area (Å²) < 4.78 is 53.0. The Morgan fingerprint density at radius 3 is 2.79 bits per heavy atom. The molecule has 0 radical (unpaired) electrons. The number of halogens is 3. The van der Waals surface area contributed by atoms with Crippen molar-refractivity contribution in [3.8, 4) is 0 Å². The smallest absolute Gasteiger partial charge is 0.312 e. The van der Waals surface area contributed by atoms with E-state index >= 15 is 0 Å². The van der Waals surface area contributed by atoms with E-state index in [0.717, 1.165) is 6.07 Å². The molecule has 2 N–H and O–H groups in total. The molecule has 3 rings (SSSR count). The molecule has 0 spiro atoms. The number of aliphatic imine (C=N–C) groups is 1. The number of fused-ring (bicyclic) bond motifs is 1. The van der Waals surface area contributed by atoms with Crippen LogP contribution in [0, 0.1) is 17.6 Å². The molecule has 5 nitrogen and oxygen atoms in total. The lowest BCUT2D eigenvalue weighted by atomic mass is 9.78. The van der Waals surface area contributed by atoms with E-state index in [4.69, 9.17) is 15.2 Å². The van der Waals surface area contributed by atoms with Crippen molar-refractivity contribution in [1.82, 2.24) is 0 Å². The highest BCUT2D eigenvalue weighted by atomic mass is 32.2. The normalized spacial score (nSPS) is 27.3. The largest absolute Gasteiger partial charge is 0.460 e. The van der Waals surface area contributed by atoms with Crippen LogP contribution in [0.2, 0.25) is 0 Å². The predicted molar refractivity (Wildman–Crippen MR) is 102 cm³/mol. The van der Waals surface area contributed by atoms with E-state index in [9.17, 15) is 18.0 Å². The van der Waals surface area contributed by atoms with Crippen molar-refractivity contribution in [3.05, 3.63) is 29.3 Å². The summed E-state index contributed by atoms with van der Waals surface area (Å²) in [4.78, 5) is 16.8. The van der Waals surface area contributed by atoms with Crippen LogP contribution in [-0.2, 0) is 19.8 Å². The molecule has 9 heteroatoms. The Balaban J connectivity index is 2.02. The number of anilines is 1. The van der Waals surface area contributed by atoms with Gasteiger partial charge in [-0.05, 0) is 32.9 Å². The summed E-state index contributed by atoms with van der Waals surface area (Å²) in [6.07, 6.45) is -0.897. The number of nitrogens with two attached hydrogens (primary N) is 1. The van der Waals surface area contributed by atoms with Gasteiger partial charge in [-0.25, -0.2) is 13.2 Å². The van der Waals surface area contributed by atoms with Crippen LogP contribution in [0.3, 0.4) is 0 Å². The van der Waals surface area contributed by atoms with Gasteiger partial charge in [0.15, 0.2) is 11.6 Å². The number of nitrogens with zero attached hydrogens (tertiary/aromatic N) is 1. The number of benzene rings is 1. The average Bonchev–Trinajstić information content (AvgIpc) is 2.95. The van der Waals surface area contributed by atoms with E-state index in [1.165, 1.54) is 17.8 Å². The Bertz CT molecular complexity index is 812. The van der Waals surface area contributed by atoms with Gasteiger partial charge in [0, 0.05) is 22.9 Å². The topological polar surface area (TPSA) is 73.9 Å². The number of carbonyl (C=O) groups is 1. The zero-order valence-corrected chi connectivity index (χ0v) is 16.7. The van der Waals surface area contributed by atoms with Gasteiger partial charge < -0.3 is 15.2 Å². The molecule has 2 heterocycles. The van der Waals surface area contributed by atoms with Crippen molar-refractivity contribution >= 4 is 28.5 Å². The molecule has 154 valence electrons. The molecule has 0 amide bonds. The molecule has 3 atom stereocenters. The molecular formula is C19H23F3N2O3S. The number of thioether (sulfide) groups is 1. The summed E-state index contributed by atoms with van der Waals surface area (Å²) in [5.74, 6) is -2.83. The van der Waals surface area contributed by atoms with Crippen LogP contribution < -0.4 is 5.73 Å². The molecule has 1 saturated heterocycles. The first kappa shape index (κ1) is 21.0. The Labute approximate surface area is 165 Å². The Morgan fingerprint density at radius 1 is 1.43 bits per heavy atom. The first-order valence-corrected chi connectivity index (χ1v) is 9.90. The fraction of sp³-hybridized carbons (Fsp3) is 0.579. The third kappa shape index (κ3) is 4.00. The van der Waals surface area contributed by atoms with Crippen LogP contribution in [0.5, 0.6) is 0 Å². The summed E-state index contributed by atoms with van der Waals surface area (Å²) >= 11 is 1.28. The predicted octanol–water partition coefficient (Wildman–Crippen LogP) is 3.60. The third-order valence-electron chi connectivity index (χ3n) is 4.72. The minimum absolute atomic E-state index is 0.0350. The first-order valence-electron chi connectivity index (χ1n) is 8.91.